The van der Waals surface area contributed by atoms with E-state index in [9.17, 15) is 14.7 Å². The topological polar surface area (TPSA) is 88.5 Å². The number of hydrogen-bond donors (Lipinski definition) is 2. The third kappa shape index (κ3) is 3.87. The summed E-state index contributed by atoms with van der Waals surface area (Å²) in [5.41, 5.74) is 1.81. The Morgan fingerprint density at radius 1 is 1.43 bits per heavy atom. The van der Waals surface area contributed by atoms with Crippen molar-refractivity contribution in [1.82, 2.24) is 10.3 Å². The summed E-state index contributed by atoms with van der Waals surface area (Å²) in [5, 5.41) is 12.1. The van der Waals surface area contributed by atoms with Crippen molar-refractivity contribution < 1.29 is 19.4 Å². The van der Waals surface area contributed by atoms with Gasteiger partial charge < -0.3 is 15.2 Å². The molecule has 2 N–H and O–H groups in total. The maximum Gasteiger partial charge on any atom is 0.306 e. The lowest BCUT2D eigenvalue weighted by atomic mass is 9.88. The van der Waals surface area contributed by atoms with Gasteiger partial charge in [0.1, 0.15) is 10.6 Å². The molecule has 2 rings (SSSR count). The molecular formula is C16H18N2O4S. The quantitative estimate of drug-likeness (QED) is 0.847. The van der Waals surface area contributed by atoms with Gasteiger partial charge in [-0.2, -0.15) is 0 Å². The van der Waals surface area contributed by atoms with Gasteiger partial charge in [0.15, 0.2) is 0 Å². The number of carboxylic acids is 1. The fourth-order valence-corrected chi connectivity index (χ4v) is 3.01. The van der Waals surface area contributed by atoms with Gasteiger partial charge in [0, 0.05) is 0 Å². The molecule has 1 unspecified atom stereocenters. The number of ether oxygens (including phenoxy) is 1. The van der Waals surface area contributed by atoms with Crippen LogP contribution in [0.2, 0.25) is 0 Å². The first-order valence-electron chi connectivity index (χ1n) is 6.94. The van der Waals surface area contributed by atoms with Gasteiger partial charge in [-0.15, -0.1) is 11.3 Å². The number of aliphatic carboxylic acids is 1. The van der Waals surface area contributed by atoms with Gasteiger partial charge in [-0.3, -0.25) is 9.59 Å². The number of nitrogens with zero attached hydrogens (tertiary/aromatic N) is 1. The second-order valence-electron chi connectivity index (χ2n) is 5.36. The highest BCUT2D eigenvalue weighted by Gasteiger charge is 2.33. The van der Waals surface area contributed by atoms with Gasteiger partial charge in [-0.05, 0) is 31.5 Å². The fourth-order valence-electron chi connectivity index (χ4n) is 2.31. The molecule has 0 bridgehead atoms. The first-order valence-corrected chi connectivity index (χ1v) is 7.82. The molecule has 0 radical (unpaired) electrons. The summed E-state index contributed by atoms with van der Waals surface area (Å²) in [4.78, 5) is 28.3. The summed E-state index contributed by atoms with van der Waals surface area (Å²) >= 11 is 1.22. The molecule has 0 saturated heterocycles. The molecule has 1 heterocycles. The van der Waals surface area contributed by atoms with E-state index < -0.39 is 11.5 Å². The highest BCUT2D eigenvalue weighted by Crippen LogP contribution is 2.29. The molecule has 122 valence electrons. The van der Waals surface area contributed by atoms with Crippen LogP contribution in [0.3, 0.4) is 0 Å². The number of benzene rings is 1. The number of thiazole rings is 1. The van der Waals surface area contributed by atoms with E-state index in [0.29, 0.717) is 21.9 Å². The van der Waals surface area contributed by atoms with Gasteiger partial charge in [0.25, 0.3) is 5.91 Å². The van der Waals surface area contributed by atoms with Gasteiger partial charge in [0.05, 0.1) is 30.3 Å². The van der Waals surface area contributed by atoms with Crippen LogP contribution >= 0.6 is 11.3 Å². The average Bonchev–Trinajstić information content (AvgIpc) is 2.92. The van der Waals surface area contributed by atoms with Gasteiger partial charge in [-0.25, -0.2) is 4.98 Å². The molecule has 2 aromatic rings. The molecule has 0 aliphatic heterocycles. The van der Waals surface area contributed by atoms with Gasteiger partial charge in [-0.1, -0.05) is 12.1 Å². The van der Waals surface area contributed by atoms with E-state index in [-0.39, 0.29) is 12.3 Å². The molecule has 0 saturated carbocycles. The normalized spacial score (nSPS) is 13.2. The summed E-state index contributed by atoms with van der Waals surface area (Å²) in [7, 11) is 1.53. The maximum atomic E-state index is 12.5. The van der Waals surface area contributed by atoms with Crippen LogP contribution in [-0.2, 0) is 10.3 Å². The van der Waals surface area contributed by atoms with Crippen molar-refractivity contribution in [2.45, 2.75) is 25.8 Å². The third-order valence-corrected chi connectivity index (χ3v) is 4.48. The number of nitrogens with one attached hydrogen (secondary N) is 1. The minimum absolute atomic E-state index is 0.246. The minimum atomic E-state index is -1.06. The molecule has 1 amide bonds. The molecular weight excluding hydrogens is 316 g/mol. The largest absolute Gasteiger partial charge is 0.497 e. The van der Waals surface area contributed by atoms with Gasteiger partial charge in [0.2, 0.25) is 0 Å². The van der Waals surface area contributed by atoms with E-state index in [1.807, 2.05) is 0 Å². The van der Waals surface area contributed by atoms with Crippen LogP contribution in [-0.4, -0.2) is 29.1 Å². The molecule has 1 aromatic carbocycles. The highest BCUT2D eigenvalue weighted by molar-refractivity contribution is 7.11. The number of rotatable bonds is 6. The summed E-state index contributed by atoms with van der Waals surface area (Å²) in [6, 6.07) is 7.02. The van der Waals surface area contributed by atoms with Crippen molar-refractivity contribution >= 4 is 23.2 Å². The van der Waals surface area contributed by atoms with E-state index in [1.165, 1.54) is 18.4 Å². The Labute approximate surface area is 138 Å². The van der Waals surface area contributed by atoms with Crippen LogP contribution in [0.5, 0.6) is 5.75 Å². The molecule has 0 fully saturated rings. The number of carboxylic acid groups (broad SMARTS) is 1. The maximum absolute atomic E-state index is 12.5. The lowest BCUT2D eigenvalue weighted by Gasteiger charge is -2.30. The third-order valence-electron chi connectivity index (χ3n) is 3.55. The van der Waals surface area contributed by atoms with Crippen LogP contribution < -0.4 is 10.1 Å². The van der Waals surface area contributed by atoms with E-state index >= 15 is 0 Å². The predicted octanol–water partition coefficient (Wildman–Crippen LogP) is 2.58. The molecule has 0 aliphatic carbocycles. The standard InChI is InChI=1S/C16H18N2O4S/c1-10-14(23-9-17-10)15(21)18-16(2,8-13(19)20)11-5-4-6-12(7-11)22-3/h4-7,9H,8H2,1-3H3,(H,18,21)(H,19,20). The molecule has 1 atom stereocenters. The molecule has 0 spiro atoms. The first-order chi connectivity index (χ1) is 10.9. The summed E-state index contributed by atoms with van der Waals surface area (Å²) in [6.07, 6.45) is -0.246. The highest BCUT2D eigenvalue weighted by atomic mass is 32.1. The Balaban J connectivity index is 2.37. The molecule has 7 heteroatoms. The Morgan fingerprint density at radius 2 is 2.17 bits per heavy atom. The minimum Gasteiger partial charge on any atom is -0.497 e. The van der Waals surface area contributed by atoms with Crippen molar-refractivity contribution in [1.29, 1.82) is 0 Å². The number of carbonyl (C=O) groups excluding carboxylic acids is 1. The lowest BCUT2D eigenvalue weighted by molar-refractivity contribution is -0.138. The Hall–Kier alpha value is -2.41. The zero-order chi connectivity index (χ0) is 17.0. The van der Waals surface area contributed by atoms with Gasteiger partial charge >= 0.3 is 5.97 Å². The molecule has 1 aromatic heterocycles. The summed E-state index contributed by atoms with van der Waals surface area (Å²) in [5.74, 6) is -0.740. The smallest absolute Gasteiger partial charge is 0.306 e. The SMILES string of the molecule is COc1cccc(C(C)(CC(=O)O)NC(=O)c2scnc2C)c1. The van der Waals surface area contributed by atoms with E-state index in [0.717, 1.165) is 0 Å². The van der Waals surface area contributed by atoms with Crippen LogP contribution in [0, 0.1) is 6.92 Å². The zero-order valence-corrected chi connectivity index (χ0v) is 13.9. The Kier molecular flexibility index (Phi) is 5.00. The number of methoxy groups -OCH3 is 1. The number of hydrogen-bond acceptors (Lipinski definition) is 5. The lowest BCUT2D eigenvalue weighted by Crippen LogP contribution is -2.45. The van der Waals surface area contributed by atoms with Crippen molar-refractivity contribution in [3.05, 3.63) is 45.9 Å². The first kappa shape index (κ1) is 17.0. The Bertz CT molecular complexity index is 728. The zero-order valence-electron chi connectivity index (χ0n) is 13.1. The van der Waals surface area contributed by atoms with Crippen molar-refractivity contribution in [2.24, 2.45) is 0 Å². The number of aryl methyl sites for hydroxylation is 1. The van der Waals surface area contributed by atoms with Crippen LogP contribution in [0.4, 0.5) is 0 Å². The monoisotopic (exact) mass is 334 g/mol. The number of carbonyl (C=O) groups is 2. The molecule has 0 aliphatic rings. The average molecular weight is 334 g/mol. The second-order valence-corrected chi connectivity index (χ2v) is 6.21. The van der Waals surface area contributed by atoms with Crippen molar-refractivity contribution in [3.63, 3.8) is 0 Å². The summed E-state index contributed by atoms with van der Waals surface area (Å²) < 4.78 is 5.18. The molecule has 23 heavy (non-hydrogen) atoms. The van der Waals surface area contributed by atoms with Crippen LogP contribution in [0.1, 0.15) is 34.3 Å². The van der Waals surface area contributed by atoms with E-state index in [4.69, 9.17) is 4.74 Å². The summed E-state index contributed by atoms with van der Waals surface area (Å²) in [6.45, 7) is 3.43. The van der Waals surface area contributed by atoms with Crippen LogP contribution in [0.15, 0.2) is 29.8 Å². The predicted molar refractivity (Wildman–Crippen MR) is 86.9 cm³/mol. The second kappa shape index (κ2) is 6.78. The number of amides is 1. The van der Waals surface area contributed by atoms with Crippen LogP contribution in [0.25, 0.3) is 0 Å². The molecule has 6 nitrogen and oxygen atoms in total. The van der Waals surface area contributed by atoms with E-state index in [1.54, 1.807) is 43.6 Å². The fraction of sp³-hybridized carbons (Fsp3) is 0.312. The van der Waals surface area contributed by atoms with Crippen molar-refractivity contribution in [3.8, 4) is 5.75 Å². The van der Waals surface area contributed by atoms with E-state index in [2.05, 4.69) is 10.3 Å². The number of aromatic nitrogens is 1. The Morgan fingerprint density at radius 3 is 2.74 bits per heavy atom. The van der Waals surface area contributed by atoms with Crippen molar-refractivity contribution in [2.75, 3.05) is 7.11 Å².